The number of halogens is 1. The molecule has 1 aliphatic heterocycles. The van der Waals surface area contributed by atoms with Crippen LogP contribution in [0.3, 0.4) is 0 Å². The van der Waals surface area contributed by atoms with E-state index in [1.165, 1.54) is 17.3 Å². The van der Waals surface area contributed by atoms with Crippen LogP contribution in [0.2, 0.25) is 5.02 Å². The summed E-state index contributed by atoms with van der Waals surface area (Å²) >= 11 is 7.44. The molecule has 1 aromatic heterocycles. The van der Waals surface area contributed by atoms with Crippen LogP contribution in [0.25, 0.3) is 0 Å². The summed E-state index contributed by atoms with van der Waals surface area (Å²) in [7, 11) is 0. The molecule has 4 rings (SSSR count). The highest BCUT2D eigenvalue weighted by Gasteiger charge is 2.37. The number of nitrogens with one attached hydrogen (secondary N) is 2. The first kappa shape index (κ1) is 18.8. The lowest BCUT2D eigenvalue weighted by molar-refractivity contribution is -0.116. The van der Waals surface area contributed by atoms with Gasteiger partial charge in [-0.3, -0.25) is 4.79 Å². The zero-order chi connectivity index (χ0) is 19.8. The van der Waals surface area contributed by atoms with Gasteiger partial charge >= 0.3 is 0 Å². The molecule has 1 amide bonds. The molecule has 2 heterocycles. The lowest BCUT2D eigenvalue weighted by Crippen LogP contribution is -2.41. The number of aromatic nitrogens is 3. The summed E-state index contributed by atoms with van der Waals surface area (Å²) in [6.45, 7) is 5.95. The van der Waals surface area contributed by atoms with Crippen LogP contribution in [0.1, 0.15) is 28.6 Å². The van der Waals surface area contributed by atoms with Crippen molar-refractivity contribution >= 4 is 35.0 Å². The largest absolute Gasteiger partial charge is 0.325 e. The Kier molecular flexibility index (Phi) is 5.03. The molecule has 8 heteroatoms. The van der Waals surface area contributed by atoms with Gasteiger partial charge < -0.3 is 10.7 Å². The summed E-state index contributed by atoms with van der Waals surface area (Å²) < 4.78 is 1.82. The summed E-state index contributed by atoms with van der Waals surface area (Å²) in [6.07, 6.45) is 0. The summed E-state index contributed by atoms with van der Waals surface area (Å²) in [5.74, 6) is 0.655. The van der Waals surface area contributed by atoms with E-state index in [1.807, 2.05) is 67.9 Å². The molecule has 28 heavy (non-hydrogen) atoms. The molecule has 3 aromatic rings. The van der Waals surface area contributed by atoms with Gasteiger partial charge in [0.25, 0.3) is 0 Å². The van der Waals surface area contributed by atoms with Gasteiger partial charge in [0.1, 0.15) is 11.1 Å². The molecule has 0 radical (unpaired) electrons. The Balaban J connectivity index is 1.65. The highest BCUT2D eigenvalue weighted by molar-refractivity contribution is 8.00. The number of carbonyl (C=O) groups excluding carboxylic acids is 1. The Morgan fingerprint density at radius 2 is 1.86 bits per heavy atom. The van der Waals surface area contributed by atoms with Gasteiger partial charge in [-0.15, -0.1) is 10.2 Å². The number of aryl methyl sites for hydroxylation is 3. The molecule has 0 aliphatic carbocycles. The van der Waals surface area contributed by atoms with Crippen LogP contribution in [0.15, 0.2) is 47.6 Å². The van der Waals surface area contributed by atoms with Gasteiger partial charge in [-0.05, 0) is 61.7 Å². The Morgan fingerprint density at radius 3 is 2.57 bits per heavy atom. The third kappa shape index (κ3) is 3.59. The van der Waals surface area contributed by atoms with E-state index in [-0.39, 0.29) is 11.9 Å². The van der Waals surface area contributed by atoms with Crippen molar-refractivity contribution in [2.24, 2.45) is 0 Å². The molecule has 1 aliphatic rings. The van der Waals surface area contributed by atoms with Gasteiger partial charge in [0.2, 0.25) is 11.1 Å². The monoisotopic (exact) mass is 413 g/mol. The van der Waals surface area contributed by atoms with E-state index in [0.29, 0.717) is 10.2 Å². The first-order chi connectivity index (χ1) is 13.4. The number of hydrogen-bond donors (Lipinski definition) is 2. The van der Waals surface area contributed by atoms with Crippen molar-refractivity contribution in [1.82, 2.24) is 14.9 Å². The van der Waals surface area contributed by atoms with Gasteiger partial charge in [-0.25, -0.2) is 4.68 Å². The maximum absolute atomic E-state index is 13.2. The molecule has 0 unspecified atom stereocenters. The van der Waals surface area contributed by atoms with E-state index >= 15 is 0 Å². The zero-order valence-corrected chi connectivity index (χ0v) is 17.3. The molecule has 0 saturated carbocycles. The number of carbonyl (C=O) groups is 1. The highest BCUT2D eigenvalue weighted by atomic mass is 35.5. The smallest absolute Gasteiger partial charge is 0.240 e. The van der Waals surface area contributed by atoms with E-state index in [9.17, 15) is 4.79 Å². The van der Waals surface area contributed by atoms with Crippen LogP contribution in [0.4, 0.5) is 5.69 Å². The topological polar surface area (TPSA) is 71.8 Å². The average molecular weight is 414 g/mol. The number of nitrogens with zero attached hydrogens (tertiary/aromatic N) is 3. The van der Waals surface area contributed by atoms with E-state index in [2.05, 4.69) is 20.9 Å². The minimum atomic E-state index is -0.418. The molecule has 2 atom stereocenters. The number of fused-ring (bicyclic) bond motifs is 1. The fourth-order valence-electron chi connectivity index (χ4n) is 3.11. The minimum Gasteiger partial charge on any atom is -0.325 e. The van der Waals surface area contributed by atoms with Crippen molar-refractivity contribution in [2.45, 2.75) is 37.2 Å². The van der Waals surface area contributed by atoms with Gasteiger partial charge in [0.05, 0.1) is 6.04 Å². The second kappa shape index (κ2) is 7.48. The molecule has 2 aromatic carbocycles. The van der Waals surface area contributed by atoms with Gasteiger partial charge in [-0.1, -0.05) is 41.6 Å². The summed E-state index contributed by atoms with van der Waals surface area (Å²) in [5.41, 5.74) is 7.46. The van der Waals surface area contributed by atoms with Gasteiger partial charge in [-0.2, -0.15) is 0 Å². The quantitative estimate of drug-likeness (QED) is 0.671. The predicted octanol–water partition coefficient (Wildman–Crippen LogP) is 4.25. The molecular formula is C20H20ClN5OS. The SMILES string of the molecule is Cc1ccc(NC(=O)[C@H]2Sc3nnc(C)n3N[C@H]2c2ccc(Cl)cc2)cc1C. The molecular weight excluding hydrogens is 394 g/mol. The maximum Gasteiger partial charge on any atom is 0.240 e. The number of benzene rings is 2. The van der Waals surface area contributed by atoms with Crippen LogP contribution >= 0.6 is 23.4 Å². The third-order valence-corrected chi connectivity index (χ3v) is 6.33. The van der Waals surface area contributed by atoms with Crippen molar-refractivity contribution in [3.05, 3.63) is 70.0 Å². The van der Waals surface area contributed by atoms with Crippen molar-refractivity contribution in [3.8, 4) is 0 Å². The molecule has 6 nitrogen and oxygen atoms in total. The number of amides is 1. The Labute approximate surface area is 172 Å². The van der Waals surface area contributed by atoms with E-state index in [4.69, 9.17) is 11.6 Å². The first-order valence-electron chi connectivity index (χ1n) is 8.91. The number of rotatable bonds is 3. The normalized spacial score (nSPS) is 18.3. The Bertz CT molecular complexity index is 1030. The van der Waals surface area contributed by atoms with Crippen molar-refractivity contribution in [3.63, 3.8) is 0 Å². The van der Waals surface area contributed by atoms with Crippen molar-refractivity contribution < 1.29 is 4.79 Å². The van der Waals surface area contributed by atoms with Crippen LogP contribution in [0, 0.1) is 20.8 Å². The number of thioether (sulfide) groups is 1. The van der Waals surface area contributed by atoms with Gasteiger partial charge in [0, 0.05) is 10.7 Å². The van der Waals surface area contributed by atoms with Gasteiger partial charge in [0.15, 0.2) is 0 Å². The van der Waals surface area contributed by atoms with Crippen LogP contribution < -0.4 is 10.7 Å². The predicted molar refractivity (Wildman–Crippen MR) is 113 cm³/mol. The first-order valence-corrected chi connectivity index (χ1v) is 10.2. The fourth-order valence-corrected chi connectivity index (χ4v) is 4.36. The molecule has 0 fully saturated rings. The third-order valence-electron chi connectivity index (χ3n) is 4.86. The van der Waals surface area contributed by atoms with Crippen LogP contribution in [-0.2, 0) is 4.79 Å². The molecule has 0 bridgehead atoms. The Hall–Kier alpha value is -2.51. The summed E-state index contributed by atoms with van der Waals surface area (Å²) in [5, 5.41) is 12.2. The minimum absolute atomic E-state index is 0.0902. The summed E-state index contributed by atoms with van der Waals surface area (Å²) in [4.78, 5) is 13.2. The second-order valence-electron chi connectivity index (χ2n) is 6.85. The molecule has 2 N–H and O–H groups in total. The Morgan fingerprint density at radius 1 is 1.11 bits per heavy atom. The molecule has 0 saturated heterocycles. The van der Waals surface area contributed by atoms with Crippen molar-refractivity contribution in [2.75, 3.05) is 10.7 Å². The van der Waals surface area contributed by atoms with Crippen molar-refractivity contribution in [1.29, 1.82) is 0 Å². The number of anilines is 1. The van der Waals surface area contributed by atoms with E-state index < -0.39 is 5.25 Å². The van der Waals surface area contributed by atoms with Crippen LogP contribution in [-0.4, -0.2) is 26.0 Å². The lowest BCUT2D eigenvalue weighted by atomic mass is 10.0. The van der Waals surface area contributed by atoms with Crippen LogP contribution in [0.5, 0.6) is 0 Å². The number of hydrogen-bond acceptors (Lipinski definition) is 5. The highest BCUT2D eigenvalue weighted by Crippen LogP contribution is 2.37. The summed E-state index contributed by atoms with van der Waals surface area (Å²) in [6, 6.07) is 13.2. The van der Waals surface area contributed by atoms with E-state index in [1.54, 1.807) is 0 Å². The maximum atomic E-state index is 13.2. The average Bonchev–Trinajstić information content (AvgIpc) is 3.04. The zero-order valence-electron chi connectivity index (χ0n) is 15.7. The van der Waals surface area contributed by atoms with E-state index in [0.717, 1.165) is 22.6 Å². The molecule has 0 spiro atoms. The molecule has 144 valence electrons. The lowest BCUT2D eigenvalue weighted by Gasteiger charge is -2.32. The standard InChI is InChI=1S/C20H20ClN5OS/c1-11-4-9-16(10-12(11)2)22-19(27)18-17(14-5-7-15(21)8-6-14)25-26-13(3)23-24-20(26)28-18/h4-10,17-18,25H,1-3H3,(H,22,27)/t17-,18-/m0/s1. The fraction of sp³-hybridized carbons (Fsp3) is 0.250. The second-order valence-corrected chi connectivity index (χ2v) is 8.40.